The predicted octanol–water partition coefficient (Wildman–Crippen LogP) is 1.56. The van der Waals surface area contributed by atoms with Crippen LogP contribution in [-0.4, -0.2) is 50.5 Å². The lowest BCUT2D eigenvalue weighted by atomic mass is 10.2. The predicted molar refractivity (Wildman–Crippen MR) is 99.8 cm³/mol. The van der Waals surface area contributed by atoms with Crippen molar-refractivity contribution in [2.75, 3.05) is 23.3 Å². The molecule has 27 heavy (non-hydrogen) atoms. The molecule has 0 bridgehead atoms. The highest BCUT2D eigenvalue weighted by Gasteiger charge is 2.26. The number of hydrogen-bond acceptors (Lipinski definition) is 9. The minimum atomic E-state index is -0.189. The van der Waals surface area contributed by atoms with E-state index in [1.54, 1.807) is 18.5 Å². The number of nitrogens with zero attached hydrogens (tertiary/aromatic N) is 6. The Bertz CT molecular complexity index is 891. The first-order chi connectivity index (χ1) is 13.3. The van der Waals surface area contributed by atoms with Crippen molar-refractivity contribution in [3.63, 3.8) is 0 Å². The van der Waals surface area contributed by atoms with Gasteiger partial charge in [0, 0.05) is 31.1 Å². The number of rotatable bonds is 6. The van der Waals surface area contributed by atoms with E-state index in [1.807, 2.05) is 24.3 Å². The van der Waals surface area contributed by atoms with Crippen LogP contribution < -0.4 is 15.0 Å². The molecule has 1 aliphatic heterocycles. The standard InChI is InChI=1S/C17H17N7O2S/c25-15(10-12-4-1-2-7-18-12)20-16-22-23-17(27-16)26-13-6-9-24(11-13)14-5-3-8-19-21-14/h1-5,7-8,13H,6,9-11H2,(H,20,22,25)/t13-/m1/s1. The maximum Gasteiger partial charge on any atom is 0.296 e. The van der Waals surface area contributed by atoms with Gasteiger partial charge in [-0.25, -0.2) is 0 Å². The largest absolute Gasteiger partial charge is 0.464 e. The van der Waals surface area contributed by atoms with Gasteiger partial charge >= 0.3 is 0 Å². The summed E-state index contributed by atoms with van der Waals surface area (Å²) in [5.41, 5.74) is 0.700. The molecule has 0 radical (unpaired) electrons. The van der Waals surface area contributed by atoms with Crippen LogP contribution >= 0.6 is 11.3 Å². The molecule has 1 aliphatic rings. The molecular weight excluding hydrogens is 366 g/mol. The smallest absolute Gasteiger partial charge is 0.296 e. The molecule has 1 fully saturated rings. The molecule has 1 N–H and O–H groups in total. The SMILES string of the molecule is O=C(Cc1ccccn1)Nc1nnc(O[C@@H]2CCN(c3cccnn3)C2)s1. The van der Waals surface area contributed by atoms with Gasteiger partial charge in [0.2, 0.25) is 11.0 Å². The Kier molecular flexibility index (Phi) is 5.15. The third-order valence-electron chi connectivity index (χ3n) is 4.02. The van der Waals surface area contributed by atoms with Gasteiger partial charge in [-0.15, -0.1) is 10.2 Å². The van der Waals surface area contributed by atoms with E-state index in [4.69, 9.17) is 4.74 Å². The Morgan fingerprint density at radius 1 is 1.22 bits per heavy atom. The van der Waals surface area contributed by atoms with E-state index in [1.165, 1.54) is 11.3 Å². The van der Waals surface area contributed by atoms with Crippen LogP contribution in [0.1, 0.15) is 12.1 Å². The van der Waals surface area contributed by atoms with Crippen molar-refractivity contribution in [2.24, 2.45) is 0 Å². The van der Waals surface area contributed by atoms with Crippen LogP contribution in [0.25, 0.3) is 0 Å². The number of pyridine rings is 1. The van der Waals surface area contributed by atoms with Crippen molar-refractivity contribution in [3.8, 4) is 5.19 Å². The van der Waals surface area contributed by atoms with Gasteiger partial charge in [0.25, 0.3) is 5.19 Å². The Hall–Kier alpha value is -3.14. The first-order valence-electron chi connectivity index (χ1n) is 8.49. The number of nitrogens with one attached hydrogen (secondary N) is 1. The van der Waals surface area contributed by atoms with E-state index in [-0.39, 0.29) is 18.4 Å². The van der Waals surface area contributed by atoms with E-state index >= 15 is 0 Å². The van der Waals surface area contributed by atoms with Gasteiger partial charge in [-0.1, -0.05) is 11.2 Å². The minimum Gasteiger partial charge on any atom is -0.464 e. The summed E-state index contributed by atoms with van der Waals surface area (Å²) >= 11 is 1.21. The van der Waals surface area contributed by atoms with Crippen molar-refractivity contribution >= 4 is 28.2 Å². The number of carbonyl (C=O) groups excluding carboxylic acids is 1. The zero-order chi connectivity index (χ0) is 18.5. The number of aromatic nitrogens is 5. The molecule has 0 aromatic carbocycles. The van der Waals surface area contributed by atoms with E-state index in [0.717, 1.165) is 18.8 Å². The first-order valence-corrected chi connectivity index (χ1v) is 9.30. The normalized spacial score (nSPS) is 16.3. The molecule has 4 rings (SSSR count). The van der Waals surface area contributed by atoms with Crippen LogP contribution in [0.3, 0.4) is 0 Å². The van der Waals surface area contributed by atoms with Gasteiger partial charge < -0.3 is 15.0 Å². The summed E-state index contributed by atoms with van der Waals surface area (Å²) in [4.78, 5) is 18.3. The zero-order valence-electron chi connectivity index (χ0n) is 14.4. The van der Waals surface area contributed by atoms with Crippen molar-refractivity contribution in [3.05, 3.63) is 48.4 Å². The first kappa shape index (κ1) is 17.3. The summed E-state index contributed by atoms with van der Waals surface area (Å²) in [6.07, 6.45) is 4.35. The molecule has 0 unspecified atom stereocenters. The molecule has 0 saturated carbocycles. The summed E-state index contributed by atoms with van der Waals surface area (Å²) in [5, 5.41) is 19.6. The van der Waals surface area contributed by atoms with E-state index in [2.05, 4.69) is 35.6 Å². The monoisotopic (exact) mass is 383 g/mol. The quantitative estimate of drug-likeness (QED) is 0.684. The van der Waals surface area contributed by atoms with E-state index in [9.17, 15) is 4.79 Å². The Balaban J connectivity index is 1.29. The third-order valence-corrected chi connectivity index (χ3v) is 4.74. The van der Waals surface area contributed by atoms with Crippen molar-refractivity contribution in [1.29, 1.82) is 0 Å². The summed E-state index contributed by atoms with van der Waals surface area (Å²) in [6, 6.07) is 9.25. The highest BCUT2D eigenvalue weighted by molar-refractivity contribution is 7.17. The van der Waals surface area contributed by atoms with Crippen LogP contribution in [0.15, 0.2) is 42.7 Å². The average Bonchev–Trinajstić information content (AvgIpc) is 3.33. The van der Waals surface area contributed by atoms with Gasteiger partial charge in [-0.3, -0.25) is 9.78 Å². The molecule has 0 aliphatic carbocycles. The molecule has 1 amide bonds. The van der Waals surface area contributed by atoms with Gasteiger partial charge in [-0.05, 0) is 35.6 Å². The fourth-order valence-electron chi connectivity index (χ4n) is 2.78. The molecule has 1 saturated heterocycles. The second-order valence-corrected chi connectivity index (χ2v) is 6.92. The Morgan fingerprint density at radius 2 is 2.19 bits per heavy atom. The number of ether oxygens (including phenoxy) is 1. The zero-order valence-corrected chi connectivity index (χ0v) is 15.2. The van der Waals surface area contributed by atoms with Crippen molar-refractivity contribution in [1.82, 2.24) is 25.4 Å². The van der Waals surface area contributed by atoms with Gasteiger partial charge in [0.15, 0.2) is 5.82 Å². The topological polar surface area (TPSA) is 106 Å². The molecule has 3 aromatic rings. The Morgan fingerprint density at radius 3 is 3.00 bits per heavy atom. The molecule has 4 heterocycles. The van der Waals surface area contributed by atoms with Gasteiger partial charge in [0.1, 0.15) is 6.10 Å². The van der Waals surface area contributed by atoms with Crippen LogP contribution in [0.2, 0.25) is 0 Å². The molecule has 9 nitrogen and oxygen atoms in total. The lowest BCUT2D eigenvalue weighted by molar-refractivity contribution is -0.115. The van der Waals surface area contributed by atoms with Gasteiger partial charge in [-0.2, -0.15) is 5.10 Å². The fourth-order valence-corrected chi connectivity index (χ4v) is 3.45. The molecule has 3 aromatic heterocycles. The lowest BCUT2D eigenvalue weighted by Gasteiger charge is -2.16. The summed E-state index contributed by atoms with van der Waals surface area (Å²) in [5.74, 6) is 0.648. The molecule has 0 spiro atoms. The summed E-state index contributed by atoms with van der Waals surface area (Å²) < 4.78 is 5.90. The highest BCUT2D eigenvalue weighted by atomic mass is 32.1. The maximum atomic E-state index is 12.1. The van der Waals surface area contributed by atoms with Gasteiger partial charge in [0.05, 0.1) is 13.0 Å². The van der Waals surface area contributed by atoms with E-state index < -0.39 is 0 Å². The second kappa shape index (κ2) is 8.04. The maximum absolute atomic E-state index is 12.1. The average molecular weight is 383 g/mol. The van der Waals surface area contributed by atoms with Crippen molar-refractivity contribution in [2.45, 2.75) is 18.9 Å². The molecular formula is C17H17N7O2S. The lowest BCUT2D eigenvalue weighted by Crippen LogP contribution is -2.25. The molecule has 10 heteroatoms. The van der Waals surface area contributed by atoms with Crippen LogP contribution in [0, 0.1) is 0 Å². The van der Waals surface area contributed by atoms with Crippen LogP contribution in [-0.2, 0) is 11.2 Å². The highest BCUT2D eigenvalue weighted by Crippen LogP contribution is 2.26. The number of anilines is 2. The fraction of sp³-hybridized carbons (Fsp3) is 0.294. The van der Waals surface area contributed by atoms with Crippen LogP contribution in [0.4, 0.5) is 10.9 Å². The number of hydrogen-bond donors (Lipinski definition) is 1. The Labute approximate surface area is 159 Å². The van der Waals surface area contributed by atoms with Crippen LogP contribution in [0.5, 0.6) is 5.19 Å². The molecule has 138 valence electrons. The van der Waals surface area contributed by atoms with Crippen molar-refractivity contribution < 1.29 is 9.53 Å². The second-order valence-electron chi connectivity index (χ2n) is 5.98. The number of carbonyl (C=O) groups is 1. The summed E-state index contributed by atoms with van der Waals surface area (Å²) in [6.45, 7) is 1.55. The number of amides is 1. The third kappa shape index (κ3) is 4.53. The van der Waals surface area contributed by atoms with E-state index in [0.29, 0.717) is 22.6 Å². The molecule has 1 atom stereocenters. The summed E-state index contributed by atoms with van der Waals surface area (Å²) in [7, 11) is 0. The minimum absolute atomic E-state index is 0.00275.